The lowest BCUT2D eigenvalue weighted by Crippen LogP contribution is -2.16. The fraction of sp³-hybridized carbons (Fsp3) is 0.105. The summed E-state index contributed by atoms with van der Waals surface area (Å²) in [5.74, 6) is -0.0249. The van der Waals surface area contributed by atoms with Gasteiger partial charge in [0.15, 0.2) is 10.8 Å². The number of hydrogen-bond donors (Lipinski definition) is 1. The summed E-state index contributed by atoms with van der Waals surface area (Å²) in [6.45, 7) is 1.26. The summed E-state index contributed by atoms with van der Waals surface area (Å²) in [5, 5.41) is -0.300. The number of nitrogens with one attached hydrogen (secondary N) is 1. The van der Waals surface area contributed by atoms with E-state index in [1.54, 1.807) is 0 Å². The van der Waals surface area contributed by atoms with Crippen molar-refractivity contribution in [2.75, 3.05) is 4.72 Å². The number of carbonyl (C=O) groups excluding carboxylic acids is 1. The summed E-state index contributed by atoms with van der Waals surface area (Å²) in [7, 11) is -4.30. The first kappa shape index (κ1) is 22.5. The van der Waals surface area contributed by atoms with Gasteiger partial charge < -0.3 is 4.74 Å². The van der Waals surface area contributed by atoms with Crippen LogP contribution in [0, 0.1) is 0 Å². The molecule has 0 saturated heterocycles. The number of hydrogen-bond acceptors (Lipinski definition) is 6. The van der Waals surface area contributed by atoms with Crippen LogP contribution in [0.1, 0.15) is 22.8 Å². The summed E-state index contributed by atoms with van der Waals surface area (Å²) >= 11 is 5.85. The third-order valence-electron chi connectivity index (χ3n) is 3.86. The Bertz CT molecular complexity index is 1230. The van der Waals surface area contributed by atoms with Crippen molar-refractivity contribution in [3.05, 3.63) is 71.1 Å². The topological polar surface area (TPSA) is 98.2 Å². The van der Waals surface area contributed by atoms with Crippen LogP contribution in [0.2, 0.25) is 5.02 Å². The number of alkyl halides is 3. The van der Waals surface area contributed by atoms with E-state index in [0.29, 0.717) is 17.3 Å². The maximum absolute atomic E-state index is 12.6. The van der Waals surface area contributed by atoms with E-state index < -0.39 is 32.6 Å². The average Bonchev–Trinajstić information content (AvgIpc) is 2.68. The van der Waals surface area contributed by atoms with Crippen LogP contribution in [0.15, 0.2) is 60.0 Å². The fourth-order valence-corrected chi connectivity index (χ4v) is 3.59. The minimum atomic E-state index is -4.65. The average molecular weight is 472 g/mol. The minimum Gasteiger partial charge on any atom is -0.455 e. The number of Topliss-reactive ketones (excluding diaryl/α,β-unsaturated/α-hetero) is 1. The third kappa shape index (κ3) is 5.50. The standard InChI is InChI=1S/C19H13ClF3N3O4S/c1-11(27)16-7-14(3-4-17(16)30-15-6-13(20)9-24-10-15)26-31(28,29)18-5-2-12(8-25-18)19(21,22)23/h2-10,26H,1H3. The van der Waals surface area contributed by atoms with Crippen molar-refractivity contribution >= 4 is 33.1 Å². The van der Waals surface area contributed by atoms with Gasteiger partial charge in [-0.05, 0) is 37.3 Å². The highest BCUT2D eigenvalue weighted by Crippen LogP contribution is 2.31. The van der Waals surface area contributed by atoms with Crippen LogP contribution in [0.5, 0.6) is 11.5 Å². The molecule has 162 valence electrons. The van der Waals surface area contributed by atoms with Crippen LogP contribution >= 0.6 is 11.6 Å². The van der Waals surface area contributed by atoms with Gasteiger partial charge >= 0.3 is 6.18 Å². The number of ether oxygens (including phenoxy) is 1. The normalized spacial score (nSPS) is 11.8. The monoisotopic (exact) mass is 471 g/mol. The maximum Gasteiger partial charge on any atom is 0.417 e. The first-order valence-electron chi connectivity index (χ1n) is 8.45. The van der Waals surface area contributed by atoms with Gasteiger partial charge in [-0.25, -0.2) is 4.98 Å². The SMILES string of the molecule is CC(=O)c1cc(NS(=O)(=O)c2ccc(C(F)(F)F)cn2)ccc1Oc1cncc(Cl)c1. The molecule has 0 unspecified atom stereocenters. The molecular weight excluding hydrogens is 459 g/mol. The molecule has 3 rings (SSSR count). The van der Waals surface area contributed by atoms with E-state index in [4.69, 9.17) is 16.3 Å². The van der Waals surface area contributed by atoms with Crippen LogP contribution in [-0.2, 0) is 16.2 Å². The fourth-order valence-electron chi connectivity index (χ4n) is 2.45. The van der Waals surface area contributed by atoms with E-state index in [0.717, 1.165) is 6.07 Å². The van der Waals surface area contributed by atoms with Crippen molar-refractivity contribution in [1.29, 1.82) is 0 Å². The molecule has 0 amide bonds. The second-order valence-corrected chi connectivity index (χ2v) is 8.26. The summed E-state index contributed by atoms with van der Waals surface area (Å²) in [6, 6.07) is 6.74. The quantitative estimate of drug-likeness (QED) is 0.511. The summed E-state index contributed by atoms with van der Waals surface area (Å²) in [5.41, 5.74) is -1.04. The zero-order valence-electron chi connectivity index (χ0n) is 15.6. The second-order valence-electron chi connectivity index (χ2n) is 6.20. The van der Waals surface area contributed by atoms with Gasteiger partial charge in [-0.3, -0.25) is 14.5 Å². The summed E-state index contributed by atoms with van der Waals surface area (Å²) in [6.07, 6.45) is -1.45. The van der Waals surface area contributed by atoms with Gasteiger partial charge in [0, 0.05) is 24.1 Å². The molecule has 1 N–H and O–H groups in total. The highest BCUT2D eigenvalue weighted by molar-refractivity contribution is 7.92. The molecule has 0 atom stereocenters. The van der Waals surface area contributed by atoms with E-state index in [1.165, 1.54) is 43.6 Å². The molecule has 12 heteroatoms. The van der Waals surface area contributed by atoms with Crippen molar-refractivity contribution in [3.63, 3.8) is 0 Å². The second kappa shape index (κ2) is 8.52. The number of carbonyl (C=O) groups is 1. The molecule has 0 saturated carbocycles. The van der Waals surface area contributed by atoms with Gasteiger partial charge in [-0.1, -0.05) is 11.6 Å². The highest BCUT2D eigenvalue weighted by Gasteiger charge is 2.31. The van der Waals surface area contributed by atoms with Crippen molar-refractivity contribution < 1.29 is 31.1 Å². The number of nitrogens with zero attached hydrogens (tertiary/aromatic N) is 2. The maximum atomic E-state index is 12.6. The lowest BCUT2D eigenvalue weighted by atomic mass is 10.1. The van der Waals surface area contributed by atoms with Crippen molar-refractivity contribution in [3.8, 4) is 11.5 Å². The largest absolute Gasteiger partial charge is 0.455 e. The third-order valence-corrected chi connectivity index (χ3v) is 5.36. The van der Waals surface area contributed by atoms with E-state index >= 15 is 0 Å². The lowest BCUT2D eigenvalue weighted by molar-refractivity contribution is -0.137. The van der Waals surface area contributed by atoms with Gasteiger partial charge in [-0.2, -0.15) is 21.6 Å². The van der Waals surface area contributed by atoms with Gasteiger partial charge in [0.1, 0.15) is 11.5 Å². The number of halogens is 4. The van der Waals surface area contributed by atoms with Crippen LogP contribution in [0.4, 0.5) is 18.9 Å². The Morgan fingerprint density at radius 2 is 1.84 bits per heavy atom. The predicted octanol–water partition coefficient (Wildman–Crippen LogP) is 4.94. The Kier molecular flexibility index (Phi) is 6.18. The predicted molar refractivity (Wildman–Crippen MR) is 106 cm³/mol. The molecule has 31 heavy (non-hydrogen) atoms. The van der Waals surface area contributed by atoms with E-state index in [2.05, 4.69) is 14.7 Å². The molecule has 3 aromatic rings. The van der Waals surface area contributed by atoms with Crippen LogP contribution < -0.4 is 9.46 Å². The molecule has 0 aliphatic heterocycles. The summed E-state index contributed by atoms with van der Waals surface area (Å²) in [4.78, 5) is 19.3. The summed E-state index contributed by atoms with van der Waals surface area (Å²) < 4.78 is 70.6. The van der Waals surface area contributed by atoms with Gasteiger partial charge in [-0.15, -0.1) is 0 Å². The van der Waals surface area contributed by atoms with Gasteiger partial charge in [0.05, 0.1) is 22.3 Å². The Balaban J connectivity index is 1.87. The van der Waals surface area contributed by atoms with Crippen molar-refractivity contribution in [2.45, 2.75) is 18.1 Å². The Labute approximate surface area is 179 Å². The molecular formula is C19H13ClF3N3O4S. The molecule has 0 aliphatic rings. The molecule has 1 aromatic carbocycles. The Hall–Kier alpha value is -3.18. The first-order valence-corrected chi connectivity index (χ1v) is 10.3. The van der Waals surface area contributed by atoms with Gasteiger partial charge in [0.2, 0.25) is 0 Å². The van der Waals surface area contributed by atoms with E-state index in [-0.39, 0.29) is 22.7 Å². The molecule has 0 bridgehead atoms. The Morgan fingerprint density at radius 3 is 2.42 bits per heavy atom. The molecule has 0 fully saturated rings. The molecule has 2 aromatic heterocycles. The lowest BCUT2D eigenvalue weighted by Gasteiger charge is -2.13. The first-order chi connectivity index (χ1) is 14.5. The molecule has 7 nitrogen and oxygen atoms in total. The zero-order chi connectivity index (χ0) is 22.8. The smallest absolute Gasteiger partial charge is 0.417 e. The van der Waals surface area contributed by atoms with E-state index in [9.17, 15) is 26.4 Å². The molecule has 0 spiro atoms. The van der Waals surface area contributed by atoms with Crippen LogP contribution in [0.3, 0.4) is 0 Å². The highest BCUT2D eigenvalue weighted by atomic mass is 35.5. The van der Waals surface area contributed by atoms with E-state index in [1.807, 2.05) is 0 Å². The number of aromatic nitrogens is 2. The Morgan fingerprint density at radius 1 is 1.10 bits per heavy atom. The number of sulfonamides is 1. The van der Waals surface area contributed by atoms with Crippen molar-refractivity contribution in [1.82, 2.24) is 9.97 Å². The molecule has 0 aliphatic carbocycles. The van der Waals surface area contributed by atoms with Crippen LogP contribution in [0.25, 0.3) is 0 Å². The number of pyridine rings is 2. The zero-order valence-corrected chi connectivity index (χ0v) is 17.2. The number of benzene rings is 1. The molecule has 0 radical (unpaired) electrons. The minimum absolute atomic E-state index is 0.0107. The van der Waals surface area contributed by atoms with Crippen molar-refractivity contribution in [2.24, 2.45) is 0 Å². The number of rotatable bonds is 6. The number of anilines is 1. The van der Waals surface area contributed by atoms with Crippen LogP contribution in [-0.4, -0.2) is 24.2 Å². The van der Waals surface area contributed by atoms with Gasteiger partial charge in [0.25, 0.3) is 10.0 Å². The number of ketones is 1. The molecule has 2 heterocycles.